The number of pyridine rings is 1. The Balaban J connectivity index is 1.68. The molecule has 0 spiro atoms. The van der Waals surface area contributed by atoms with Gasteiger partial charge in [-0.15, -0.1) is 5.10 Å². The van der Waals surface area contributed by atoms with Crippen molar-refractivity contribution in [1.82, 2.24) is 19.5 Å². The van der Waals surface area contributed by atoms with Gasteiger partial charge in [0, 0.05) is 19.1 Å². The van der Waals surface area contributed by atoms with Crippen molar-refractivity contribution in [3.05, 3.63) is 17.8 Å². The summed E-state index contributed by atoms with van der Waals surface area (Å²) in [6.07, 6.45) is -7.94. The number of hydrogen-bond acceptors (Lipinski definition) is 6. The molecule has 1 saturated carbocycles. The van der Waals surface area contributed by atoms with Gasteiger partial charge in [0.15, 0.2) is 23.7 Å². The fourth-order valence-corrected chi connectivity index (χ4v) is 4.25. The molecule has 0 aromatic carbocycles. The molecule has 1 aliphatic carbocycles. The van der Waals surface area contributed by atoms with Gasteiger partial charge in [0.25, 0.3) is 0 Å². The standard InChI is InChI=1S/C18H18F6N6O/c1-9(17(19,20)21)31-12-4-5-13(18(22,23)24)30-15(12)27-16(28-30)26-14-10-2-3-11(14)7-29(6-10)8-25/h4-5,9-11,14H,2-3,6-7H2,1H3,(H,26,28)/t9?,10-,11+,14-. The van der Waals surface area contributed by atoms with Crippen molar-refractivity contribution in [1.29, 1.82) is 5.26 Å². The van der Waals surface area contributed by atoms with Gasteiger partial charge in [-0.2, -0.15) is 36.6 Å². The van der Waals surface area contributed by atoms with Gasteiger partial charge < -0.3 is 15.0 Å². The molecule has 2 aromatic rings. The van der Waals surface area contributed by atoms with Crippen LogP contribution in [0.3, 0.4) is 0 Å². The van der Waals surface area contributed by atoms with Crippen LogP contribution in [0.1, 0.15) is 25.5 Å². The molecule has 1 N–H and O–H groups in total. The Morgan fingerprint density at radius 3 is 2.35 bits per heavy atom. The van der Waals surface area contributed by atoms with E-state index in [1.165, 1.54) is 0 Å². The third-order valence-corrected chi connectivity index (χ3v) is 5.77. The minimum absolute atomic E-state index is 0.0908. The molecule has 4 atom stereocenters. The van der Waals surface area contributed by atoms with E-state index in [2.05, 4.69) is 21.6 Å². The molecule has 1 saturated heterocycles. The van der Waals surface area contributed by atoms with E-state index in [9.17, 15) is 26.3 Å². The number of halogens is 6. The first-order chi connectivity index (χ1) is 14.5. The first kappa shape index (κ1) is 21.3. The second kappa shape index (κ2) is 7.35. The molecule has 0 radical (unpaired) electrons. The summed E-state index contributed by atoms with van der Waals surface area (Å²) in [7, 11) is 0. The fourth-order valence-electron chi connectivity index (χ4n) is 4.25. The third kappa shape index (κ3) is 4.03. The Morgan fingerprint density at radius 1 is 1.16 bits per heavy atom. The number of fused-ring (bicyclic) bond motifs is 3. The highest BCUT2D eigenvalue weighted by atomic mass is 19.4. The van der Waals surface area contributed by atoms with E-state index >= 15 is 0 Å². The number of anilines is 1. The largest absolute Gasteiger partial charge is 0.477 e. The lowest BCUT2D eigenvalue weighted by atomic mass is 9.92. The lowest BCUT2D eigenvalue weighted by molar-refractivity contribution is -0.189. The van der Waals surface area contributed by atoms with Gasteiger partial charge in [-0.25, -0.2) is 4.52 Å². The van der Waals surface area contributed by atoms with E-state index in [0.717, 1.165) is 25.8 Å². The van der Waals surface area contributed by atoms with E-state index in [1.54, 1.807) is 4.90 Å². The summed E-state index contributed by atoms with van der Waals surface area (Å²) in [4.78, 5) is 5.66. The number of alkyl halides is 6. The molecule has 2 aliphatic rings. The monoisotopic (exact) mass is 448 g/mol. The predicted molar refractivity (Wildman–Crippen MR) is 94.9 cm³/mol. The average Bonchev–Trinajstić information content (AvgIpc) is 3.17. The average molecular weight is 448 g/mol. The summed E-state index contributed by atoms with van der Waals surface area (Å²) in [5.74, 6) is -0.407. The summed E-state index contributed by atoms with van der Waals surface area (Å²) in [5.41, 5.74) is -1.65. The molecule has 2 bridgehead atoms. The van der Waals surface area contributed by atoms with E-state index in [1.807, 2.05) is 0 Å². The number of nitrogens with zero attached hydrogens (tertiary/aromatic N) is 5. The lowest BCUT2D eigenvalue weighted by Crippen LogP contribution is -2.46. The number of piperidine rings is 1. The number of rotatable bonds is 4. The van der Waals surface area contributed by atoms with Crippen LogP contribution in [0.2, 0.25) is 0 Å². The Kier molecular flexibility index (Phi) is 5.06. The highest BCUT2D eigenvalue weighted by Crippen LogP contribution is 2.39. The molecule has 168 valence electrons. The first-order valence-corrected chi connectivity index (χ1v) is 9.59. The molecule has 1 unspecified atom stereocenters. The summed E-state index contributed by atoms with van der Waals surface area (Å²) >= 11 is 0. The predicted octanol–water partition coefficient (Wildman–Crippen LogP) is 3.68. The van der Waals surface area contributed by atoms with Crippen molar-refractivity contribution >= 4 is 11.6 Å². The van der Waals surface area contributed by atoms with Gasteiger partial charge in [-0.1, -0.05) is 0 Å². The Labute approximate surface area is 172 Å². The van der Waals surface area contributed by atoms with Crippen LogP contribution in [0.15, 0.2) is 12.1 Å². The zero-order chi connectivity index (χ0) is 22.6. The van der Waals surface area contributed by atoms with Crippen LogP contribution in [0.4, 0.5) is 32.3 Å². The van der Waals surface area contributed by atoms with Crippen molar-refractivity contribution in [2.24, 2.45) is 11.8 Å². The van der Waals surface area contributed by atoms with E-state index < -0.39 is 35.5 Å². The minimum Gasteiger partial charge on any atom is -0.477 e. The Hall–Kier alpha value is -2.91. The smallest absolute Gasteiger partial charge is 0.433 e. The van der Waals surface area contributed by atoms with Gasteiger partial charge >= 0.3 is 12.4 Å². The number of hydrogen-bond donors (Lipinski definition) is 1. The van der Waals surface area contributed by atoms with Crippen molar-refractivity contribution in [3.63, 3.8) is 0 Å². The minimum atomic E-state index is -4.80. The number of aromatic nitrogens is 3. The maximum Gasteiger partial charge on any atom is 0.433 e. The molecule has 31 heavy (non-hydrogen) atoms. The van der Waals surface area contributed by atoms with Gasteiger partial charge in [-0.05, 0) is 43.7 Å². The van der Waals surface area contributed by atoms with Crippen molar-refractivity contribution < 1.29 is 31.1 Å². The van der Waals surface area contributed by atoms with Crippen LogP contribution in [0.25, 0.3) is 5.65 Å². The normalized spacial score (nSPS) is 24.8. The molecule has 3 heterocycles. The molecule has 0 amide bonds. The van der Waals surface area contributed by atoms with Crippen molar-refractivity contribution in [3.8, 4) is 11.9 Å². The van der Waals surface area contributed by atoms with Gasteiger partial charge in [0.1, 0.15) is 5.69 Å². The second-order valence-corrected chi connectivity index (χ2v) is 7.83. The van der Waals surface area contributed by atoms with Gasteiger partial charge in [0.2, 0.25) is 5.95 Å². The van der Waals surface area contributed by atoms with Gasteiger partial charge in [-0.3, -0.25) is 0 Å². The summed E-state index contributed by atoms with van der Waals surface area (Å²) in [6, 6.07) is 1.28. The zero-order valence-corrected chi connectivity index (χ0v) is 16.2. The van der Waals surface area contributed by atoms with Crippen molar-refractivity contribution in [2.45, 2.75) is 44.3 Å². The lowest BCUT2D eigenvalue weighted by Gasteiger charge is -2.35. The highest BCUT2D eigenvalue weighted by Gasteiger charge is 2.43. The molecular weight excluding hydrogens is 430 g/mol. The summed E-state index contributed by atoms with van der Waals surface area (Å²) in [5, 5.41) is 16.0. The molecule has 1 aliphatic heterocycles. The quantitative estimate of drug-likeness (QED) is 0.568. The van der Waals surface area contributed by atoms with Crippen molar-refractivity contribution in [2.75, 3.05) is 18.4 Å². The Bertz CT molecular complexity index is 998. The molecule has 7 nitrogen and oxygen atoms in total. The fraction of sp³-hybridized carbons (Fsp3) is 0.611. The SMILES string of the molecule is CC(Oc1ccc(C(F)(F)F)n2nc(N[C@@H]3[C@@H]4CC[C@H]3CN(C#N)C4)nc12)C(F)(F)F. The zero-order valence-electron chi connectivity index (χ0n) is 16.2. The van der Waals surface area contributed by atoms with Crippen LogP contribution in [-0.4, -0.2) is 50.9 Å². The van der Waals surface area contributed by atoms with Crippen LogP contribution in [0, 0.1) is 23.3 Å². The second-order valence-electron chi connectivity index (χ2n) is 7.83. The van der Waals surface area contributed by atoms with Crippen LogP contribution in [-0.2, 0) is 6.18 Å². The molecule has 2 aromatic heterocycles. The Morgan fingerprint density at radius 2 is 1.81 bits per heavy atom. The van der Waals surface area contributed by atoms with E-state index in [0.29, 0.717) is 23.7 Å². The molecule has 2 fully saturated rings. The molecule has 13 heteroatoms. The topological polar surface area (TPSA) is 78.5 Å². The van der Waals surface area contributed by atoms with E-state index in [-0.39, 0.29) is 23.8 Å². The highest BCUT2D eigenvalue weighted by molar-refractivity contribution is 5.57. The summed E-state index contributed by atoms with van der Waals surface area (Å²) < 4.78 is 84.2. The van der Waals surface area contributed by atoms with Crippen LogP contribution < -0.4 is 10.1 Å². The summed E-state index contributed by atoms with van der Waals surface area (Å²) in [6.45, 7) is 1.79. The maximum atomic E-state index is 13.4. The number of nitrogens with one attached hydrogen (secondary N) is 1. The maximum absolute atomic E-state index is 13.4. The molecular formula is C18H18F6N6O. The third-order valence-electron chi connectivity index (χ3n) is 5.77. The van der Waals surface area contributed by atoms with Crippen LogP contribution >= 0.6 is 0 Å². The number of nitriles is 1. The van der Waals surface area contributed by atoms with Gasteiger partial charge in [0.05, 0.1) is 0 Å². The van der Waals surface area contributed by atoms with E-state index in [4.69, 9.17) is 10.00 Å². The molecule has 4 rings (SSSR count). The number of likely N-dealkylation sites (tertiary alicyclic amines) is 1. The number of ether oxygens (including phenoxy) is 1. The first-order valence-electron chi connectivity index (χ1n) is 9.59. The van der Waals surface area contributed by atoms with Crippen LogP contribution in [0.5, 0.6) is 5.75 Å².